The molecule has 0 aliphatic rings. The third kappa shape index (κ3) is 26.1. The molecule has 3 atom stereocenters. The van der Waals surface area contributed by atoms with Crippen LogP contribution in [0.2, 0.25) is 0 Å². The van der Waals surface area contributed by atoms with Gasteiger partial charge < -0.3 is 25.2 Å². The summed E-state index contributed by atoms with van der Waals surface area (Å²) in [6.45, 7) is 1.29. The molecule has 42 heavy (non-hydrogen) atoms. The van der Waals surface area contributed by atoms with Crippen molar-refractivity contribution in [1.82, 2.24) is 5.32 Å². The summed E-state index contributed by atoms with van der Waals surface area (Å²) in [5.74, 6) is -2.62. The molecule has 0 saturated carbocycles. The Morgan fingerprint density at radius 1 is 0.786 bits per heavy atom. The monoisotopic (exact) mass is 613 g/mol. The number of hydrogen-bond acceptors (Lipinski definition) is 8. The molecule has 0 aromatic heterocycles. The number of amides is 1. The number of carboxylic acid groups (broad SMARTS) is 1. The number of nitrogens with one attached hydrogen (secondary N) is 1. The summed E-state index contributed by atoms with van der Waals surface area (Å²) in [5.41, 5.74) is 0. The van der Waals surface area contributed by atoms with Gasteiger partial charge in [0.25, 0.3) is 0 Å². The van der Waals surface area contributed by atoms with Crippen molar-refractivity contribution in [3.63, 3.8) is 0 Å². The molecular formula is C30H48NO10P. The second-order valence-electron chi connectivity index (χ2n) is 9.28. The molecule has 11 nitrogen and oxygen atoms in total. The van der Waals surface area contributed by atoms with Gasteiger partial charge in [-0.25, -0.2) is 9.36 Å². The summed E-state index contributed by atoms with van der Waals surface area (Å²) in [5, 5.41) is 21.1. The van der Waals surface area contributed by atoms with Crippen molar-refractivity contribution in [2.45, 2.75) is 90.2 Å². The number of aliphatic hydroxyl groups excluding tert-OH is 1. The highest BCUT2D eigenvalue weighted by molar-refractivity contribution is 7.47. The van der Waals surface area contributed by atoms with E-state index in [1.165, 1.54) is 0 Å². The van der Waals surface area contributed by atoms with Crippen LogP contribution in [0.4, 0.5) is 0 Å². The minimum absolute atomic E-state index is 0.102. The molecule has 1 amide bonds. The van der Waals surface area contributed by atoms with Crippen molar-refractivity contribution in [2.75, 3.05) is 19.8 Å². The van der Waals surface area contributed by atoms with E-state index in [0.717, 1.165) is 58.3 Å². The number of aliphatic carboxylic acids is 1. The lowest BCUT2D eigenvalue weighted by molar-refractivity contribution is -0.144. The van der Waals surface area contributed by atoms with Crippen molar-refractivity contribution in [2.24, 2.45) is 0 Å². The van der Waals surface area contributed by atoms with Gasteiger partial charge in [0.1, 0.15) is 12.7 Å². The highest BCUT2D eigenvalue weighted by Gasteiger charge is 2.28. The lowest BCUT2D eigenvalue weighted by Gasteiger charge is -2.18. The molecule has 238 valence electrons. The van der Waals surface area contributed by atoms with E-state index in [4.69, 9.17) is 0 Å². The van der Waals surface area contributed by atoms with Gasteiger partial charge in [-0.15, -0.1) is 0 Å². The number of hydrogen-bond donors (Lipinski definition) is 4. The van der Waals surface area contributed by atoms with Crippen molar-refractivity contribution >= 4 is 25.7 Å². The fourth-order valence-corrected chi connectivity index (χ4v) is 3.95. The van der Waals surface area contributed by atoms with E-state index < -0.39 is 57.6 Å². The van der Waals surface area contributed by atoms with Crippen LogP contribution in [0, 0.1) is 0 Å². The van der Waals surface area contributed by atoms with Crippen LogP contribution in [0.1, 0.15) is 78.1 Å². The summed E-state index contributed by atoms with van der Waals surface area (Å²) < 4.78 is 25.6. The molecule has 0 saturated heterocycles. The van der Waals surface area contributed by atoms with Gasteiger partial charge in [0.05, 0.1) is 13.2 Å². The number of allylic oxidation sites excluding steroid dienone is 10. The van der Waals surface area contributed by atoms with Crippen LogP contribution >= 0.6 is 7.82 Å². The average Bonchev–Trinajstić information content (AvgIpc) is 2.94. The predicted molar refractivity (Wildman–Crippen MR) is 161 cm³/mol. The first-order valence-electron chi connectivity index (χ1n) is 14.3. The lowest BCUT2D eigenvalue weighted by atomic mass is 10.1. The molecule has 12 heteroatoms. The number of rotatable bonds is 25. The SMILES string of the molecule is CC/C=C\C/C=C\C/C=C\C/C=C\C/C=C\CCCCCC(=O)NC(COP(=O)(O)OCC(O)COC(C)=O)C(=O)O. The number of phosphoric acid groups is 1. The Morgan fingerprint density at radius 3 is 1.83 bits per heavy atom. The Hall–Kier alpha value is -2.82. The molecule has 0 heterocycles. The van der Waals surface area contributed by atoms with E-state index in [0.29, 0.717) is 6.42 Å². The number of ether oxygens (including phenoxy) is 1. The van der Waals surface area contributed by atoms with Crippen LogP contribution in [0.15, 0.2) is 60.8 Å². The molecule has 0 spiro atoms. The van der Waals surface area contributed by atoms with Gasteiger partial charge in [0.2, 0.25) is 5.91 Å². The fraction of sp³-hybridized carbons (Fsp3) is 0.567. The van der Waals surface area contributed by atoms with E-state index in [2.05, 4.69) is 86.8 Å². The van der Waals surface area contributed by atoms with Crippen LogP contribution in [0.5, 0.6) is 0 Å². The van der Waals surface area contributed by atoms with Gasteiger partial charge >= 0.3 is 19.8 Å². The number of carbonyl (C=O) groups is 3. The van der Waals surface area contributed by atoms with E-state index >= 15 is 0 Å². The maximum Gasteiger partial charge on any atom is 0.472 e. The molecule has 0 fully saturated rings. The first-order chi connectivity index (χ1) is 20.1. The summed E-state index contributed by atoms with van der Waals surface area (Å²) in [6, 6.07) is -1.56. The average molecular weight is 614 g/mol. The number of phosphoric ester groups is 1. The topological polar surface area (TPSA) is 169 Å². The Bertz CT molecular complexity index is 958. The molecule has 0 rings (SSSR count). The van der Waals surface area contributed by atoms with E-state index in [-0.39, 0.29) is 6.42 Å². The zero-order valence-electron chi connectivity index (χ0n) is 24.8. The first-order valence-corrected chi connectivity index (χ1v) is 15.8. The van der Waals surface area contributed by atoms with Crippen LogP contribution in [-0.4, -0.2) is 64.9 Å². The first kappa shape index (κ1) is 39.2. The van der Waals surface area contributed by atoms with Crippen LogP contribution < -0.4 is 5.32 Å². The number of carboxylic acids is 1. The Labute approximate surface area is 249 Å². The maximum atomic E-state index is 12.1. The maximum absolute atomic E-state index is 12.1. The Kier molecular flexibility index (Phi) is 24.1. The van der Waals surface area contributed by atoms with Gasteiger partial charge in [0, 0.05) is 13.3 Å². The second-order valence-corrected chi connectivity index (χ2v) is 10.7. The van der Waals surface area contributed by atoms with Crippen molar-refractivity contribution in [3.8, 4) is 0 Å². The minimum atomic E-state index is -4.72. The minimum Gasteiger partial charge on any atom is -0.480 e. The molecule has 0 aromatic rings. The number of esters is 1. The summed E-state index contributed by atoms with van der Waals surface area (Å²) in [4.78, 5) is 43.9. The molecular weight excluding hydrogens is 565 g/mol. The van der Waals surface area contributed by atoms with Gasteiger partial charge in [-0.1, -0.05) is 74.1 Å². The molecule has 0 aliphatic heterocycles. The lowest BCUT2D eigenvalue weighted by Crippen LogP contribution is -2.43. The third-order valence-corrected chi connectivity index (χ3v) is 6.33. The zero-order chi connectivity index (χ0) is 31.5. The standard InChI is InChI=1S/C30H48NO10P/c1-3-4-5-6-7-8-9-10-11-12-13-14-15-16-17-18-19-20-21-22-29(34)31-28(30(35)36)25-41-42(37,38)40-24-27(33)23-39-26(2)32/h4-5,7-8,10-11,13-14,16-17,27-28,33H,3,6,9,12,15,18-25H2,1-2H3,(H,31,34)(H,35,36)(H,37,38)/b5-4-,8-7-,11-10-,14-13-,17-16-. The van der Waals surface area contributed by atoms with Gasteiger partial charge in [-0.05, 0) is 51.4 Å². The van der Waals surface area contributed by atoms with E-state index in [1.807, 2.05) is 0 Å². The highest BCUT2D eigenvalue weighted by Crippen LogP contribution is 2.43. The summed E-state index contributed by atoms with van der Waals surface area (Å²) in [7, 11) is -4.72. The molecule has 0 aliphatic carbocycles. The van der Waals surface area contributed by atoms with Crippen LogP contribution in [-0.2, 0) is 32.7 Å². The summed E-state index contributed by atoms with van der Waals surface area (Å²) >= 11 is 0. The predicted octanol–water partition coefficient (Wildman–Crippen LogP) is 5.32. The quantitative estimate of drug-likeness (QED) is 0.0458. The Balaban J connectivity index is 4.02. The molecule has 0 aromatic carbocycles. The normalized spacial score (nSPS) is 15.1. The highest BCUT2D eigenvalue weighted by atomic mass is 31.2. The van der Waals surface area contributed by atoms with Crippen molar-refractivity contribution in [1.29, 1.82) is 0 Å². The number of aliphatic hydroxyl groups is 1. The van der Waals surface area contributed by atoms with Gasteiger partial charge in [-0.2, -0.15) is 0 Å². The third-order valence-electron chi connectivity index (χ3n) is 5.38. The molecule has 3 unspecified atom stereocenters. The van der Waals surface area contributed by atoms with E-state index in [1.54, 1.807) is 0 Å². The Morgan fingerprint density at radius 2 is 1.31 bits per heavy atom. The van der Waals surface area contributed by atoms with Crippen LogP contribution in [0.25, 0.3) is 0 Å². The fourth-order valence-electron chi connectivity index (χ4n) is 3.18. The van der Waals surface area contributed by atoms with Crippen molar-refractivity contribution < 1.29 is 47.8 Å². The zero-order valence-corrected chi connectivity index (χ0v) is 25.7. The van der Waals surface area contributed by atoms with Gasteiger partial charge in [0.15, 0.2) is 6.04 Å². The smallest absolute Gasteiger partial charge is 0.472 e. The molecule has 4 N–H and O–H groups in total. The van der Waals surface area contributed by atoms with Crippen molar-refractivity contribution in [3.05, 3.63) is 60.8 Å². The largest absolute Gasteiger partial charge is 0.480 e. The van der Waals surface area contributed by atoms with Crippen LogP contribution in [0.3, 0.4) is 0 Å². The van der Waals surface area contributed by atoms with Gasteiger partial charge in [-0.3, -0.25) is 18.6 Å². The number of unbranched alkanes of at least 4 members (excludes halogenated alkanes) is 3. The number of carbonyl (C=O) groups excluding carboxylic acids is 2. The second kappa shape index (κ2) is 25.9. The summed E-state index contributed by atoms with van der Waals surface area (Å²) in [6.07, 6.45) is 28.0. The molecule has 0 radical (unpaired) electrons. The van der Waals surface area contributed by atoms with E-state index in [9.17, 15) is 34.1 Å². The molecule has 0 bridgehead atoms.